The lowest BCUT2D eigenvalue weighted by molar-refractivity contribution is -0.127. The highest BCUT2D eigenvalue weighted by molar-refractivity contribution is 8.00. The van der Waals surface area contributed by atoms with E-state index < -0.39 is 5.25 Å². The number of carbonyl (C=O) groups is 2. The molecule has 31 heavy (non-hydrogen) atoms. The fraction of sp³-hybridized carbons (Fsp3) is 0.273. The van der Waals surface area contributed by atoms with Gasteiger partial charge >= 0.3 is 0 Å². The highest BCUT2D eigenvalue weighted by Crippen LogP contribution is 2.34. The first-order chi connectivity index (χ1) is 15.1. The number of ether oxygens (including phenoxy) is 1. The molecule has 0 radical (unpaired) electrons. The van der Waals surface area contributed by atoms with Crippen LogP contribution in [0.15, 0.2) is 58.2 Å². The summed E-state index contributed by atoms with van der Waals surface area (Å²) in [6.07, 6.45) is 2.19. The van der Waals surface area contributed by atoms with Crippen molar-refractivity contribution >= 4 is 35.2 Å². The van der Waals surface area contributed by atoms with Crippen LogP contribution in [0.25, 0.3) is 11.5 Å². The number of imide groups is 1. The number of rotatable bonds is 5. The number of hydrogen-bond acceptors (Lipinski definition) is 7. The molecule has 0 spiro atoms. The van der Waals surface area contributed by atoms with Crippen molar-refractivity contribution in [2.24, 2.45) is 0 Å². The molecule has 2 aromatic carbocycles. The van der Waals surface area contributed by atoms with E-state index in [0.717, 1.165) is 12.8 Å². The van der Waals surface area contributed by atoms with E-state index in [1.807, 2.05) is 18.2 Å². The van der Waals surface area contributed by atoms with Gasteiger partial charge in [0, 0.05) is 17.1 Å². The molecule has 0 aliphatic carbocycles. The van der Waals surface area contributed by atoms with Gasteiger partial charge in [-0.25, -0.2) is 0 Å². The quantitative estimate of drug-likeness (QED) is 0.512. The van der Waals surface area contributed by atoms with E-state index in [9.17, 15) is 9.59 Å². The van der Waals surface area contributed by atoms with E-state index in [4.69, 9.17) is 20.8 Å². The number of thioether (sulfide) groups is 1. The second-order valence-corrected chi connectivity index (χ2v) is 8.57. The fourth-order valence-corrected chi connectivity index (χ4v) is 4.47. The minimum absolute atomic E-state index is 0.250. The molecule has 0 N–H and O–H groups in total. The molecule has 7 nitrogen and oxygen atoms in total. The van der Waals surface area contributed by atoms with Crippen LogP contribution in [0.2, 0.25) is 5.02 Å². The molecule has 0 unspecified atom stereocenters. The topological polar surface area (TPSA) is 85.5 Å². The van der Waals surface area contributed by atoms with Crippen molar-refractivity contribution in [2.45, 2.75) is 29.7 Å². The highest BCUT2D eigenvalue weighted by atomic mass is 35.5. The largest absolute Gasteiger partial charge is 0.496 e. The summed E-state index contributed by atoms with van der Waals surface area (Å²) in [6, 6.07) is 13.9. The van der Waals surface area contributed by atoms with Gasteiger partial charge in [-0.3, -0.25) is 14.5 Å². The summed E-state index contributed by atoms with van der Waals surface area (Å²) in [5.74, 6) is 0.358. The summed E-state index contributed by atoms with van der Waals surface area (Å²) in [5, 5.41) is 8.52. The molecule has 1 aliphatic rings. The molecule has 1 saturated heterocycles. The Morgan fingerprint density at radius 1 is 1.16 bits per heavy atom. The molecule has 1 aliphatic heterocycles. The van der Waals surface area contributed by atoms with Crippen LogP contribution in [-0.2, 0) is 4.79 Å². The molecule has 4 rings (SSSR count). The smallest absolute Gasteiger partial charge is 0.277 e. The Kier molecular flexibility index (Phi) is 6.58. The van der Waals surface area contributed by atoms with Gasteiger partial charge < -0.3 is 9.15 Å². The molecule has 3 aromatic rings. The normalized spacial score (nSPS) is 16.8. The SMILES string of the molecule is COc1ccccc1-c1nnc(S[C@H]2CCCCN(C(=O)c3ccc(Cl)cc3)C2=O)o1. The molecule has 2 heterocycles. The van der Waals surface area contributed by atoms with Gasteiger partial charge in [0.2, 0.25) is 5.91 Å². The van der Waals surface area contributed by atoms with Gasteiger partial charge in [-0.2, -0.15) is 0 Å². The molecule has 9 heteroatoms. The second-order valence-electron chi connectivity index (χ2n) is 6.98. The van der Waals surface area contributed by atoms with Crippen LogP contribution in [0.3, 0.4) is 0 Å². The number of aromatic nitrogens is 2. The zero-order valence-electron chi connectivity index (χ0n) is 16.8. The summed E-state index contributed by atoms with van der Waals surface area (Å²) in [4.78, 5) is 27.4. The molecule has 0 saturated carbocycles. The summed E-state index contributed by atoms with van der Waals surface area (Å²) in [5.41, 5.74) is 1.11. The zero-order chi connectivity index (χ0) is 21.8. The summed E-state index contributed by atoms with van der Waals surface area (Å²) in [6.45, 7) is 0.383. The van der Waals surface area contributed by atoms with Crippen molar-refractivity contribution in [2.75, 3.05) is 13.7 Å². The Morgan fingerprint density at radius 3 is 2.71 bits per heavy atom. The van der Waals surface area contributed by atoms with Crippen LogP contribution >= 0.6 is 23.4 Å². The third-order valence-corrected chi connectivity index (χ3v) is 6.30. The van der Waals surface area contributed by atoms with Gasteiger partial charge in [-0.15, -0.1) is 10.2 Å². The number of nitrogens with zero attached hydrogens (tertiary/aromatic N) is 3. The fourth-order valence-electron chi connectivity index (χ4n) is 3.38. The predicted molar refractivity (Wildman–Crippen MR) is 117 cm³/mol. The van der Waals surface area contributed by atoms with Crippen LogP contribution in [0.1, 0.15) is 29.6 Å². The first-order valence-electron chi connectivity index (χ1n) is 9.81. The summed E-state index contributed by atoms with van der Waals surface area (Å²) < 4.78 is 11.1. The summed E-state index contributed by atoms with van der Waals surface area (Å²) in [7, 11) is 1.57. The lowest BCUT2D eigenvalue weighted by atomic mass is 10.2. The average Bonchev–Trinajstić information content (AvgIpc) is 3.18. The third-order valence-electron chi connectivity index (χ3n) is 4.96. The Labute approximate surface area is 188 Å². The van der Waals surface area contributed by atoms with Crippen molar-refractivity contribution < 1.29 is 18.7 Å². The average molecular weight is 458 g/mol. The van der Waals surface area contributed by atoms with Crippen LogP contribution in [0.4, 0.5) is 0 Å². The van der Waals surface area contributed by atoms with E-state index in [1.165, 1.54) is 16.7 Å². The molecule has 1 atom stereocenters. The maximum atomic E-state index is 13.2. The van der Waals surface area contributed by atoms with Crippen LogP contribution in [0, 0.1) is 0 Å². The first kappa shape index (κ1) is 21.4. The Bertz CT molecular complexity index is 1090. The van der Waals surface area contributed by atoms with E-state index >= 15 is 0 Å². The standard InChI is InChI=1S/C22H20ClN3O4S/c1-29-17-7-3-2-6-16(17)19-24-25-22(30-19)31-18-8-4-5-13-26(21(18)28)20(27)14-9-11-15(23)12-10-14/h2-3,6-7,9-12,18H,4-5,8,13H2,1H3/t18-/m0/s1. The number of hydrogen-bond donors (Lipinski definition) is 0. The van der Waals surface area contributed by atoms with Crippen molar-refractivity contribution in [1.82, 2.24) is 15.1 Å². The van der Waals surface area contributed by atoms with Crippen molar-refractivity contribution in [1.29, 1.82) is 0 Å². The first-order valence-corrected chi connectivity index (χ1v) is 11.1. The number of para-hydroxylation sites is 1. The van der Waals surface area contributed by atoms with Gasteiger partial charge in [-0.05, 0) is 49.2 Å². The van der Waals surface area contributed by atoms with Gasteiger partial charge in [0.05, 0.1) is 17.9 Å². The second kappa shape index (κ2) is 9.53. The number of halogens is 1. The van der Waals surface area contributed by atoms with Crippen LogP contribution in [-0.4, -0.2) is 45.8 Å². The molecular weight excluding hydrogens is 438 g/mol. The van der Waals surface area contributed by atoms with Gasteiger partial charge in [0.25, 0.3) is 17.0 Å². The van der Waals surface area contributed by atoms with Gasteiger partial charge in [0.15, 0.2) is 0 Å². The molecule has 0 bridgehead atoms. The maximum Gasteiger partial charge on any atom is 0.277 e. The monoisotopic (exact) mass is 457 g/mol. The molecule has 2 amide bonds. The third kappa shape index (κ3) is 4.75. The molecule has 160 valence electrons. The zero-order valence-corrected chi connectivity index (χ0v) is 18.4. The van der Waals surface area contributed by atoms with Crippen molar-refractivity contribution in [3.8, 4) is 17.2 Å². The van der Waals surface area contributed by atoms with E-state index in [0.29, 0.717) is 40.8 Å². The number of methoxy groups -OCH3 is 1. The molecule has 1 fully saturated rings. The van der Waals surface area contributed by atoms with E-state index in [2.05, 4.69) is 10.2 Å². The number of amides is 2. The highest BCUT2D eigenvalue weighted by Gasteiger charge is 2.33. The number of carbonyl (C=O) groups excluding carboxylic acids is 2. The maximum absolute atomic E-state index is 13.2. The van der Waals surface area contributed by atoms with Crippen molar-refractivity contribution in [3.05, 3.63) is 59.1 Å². The predicted octanol–water partition coefficient (Wildman–Crippen LogP) is 4.71. The van der Waals surface area contributed by atoms with Crippen LogP contribution < -0.4 is 4.74 Å². The van der Waals surface area contributed by atoms with Gasteiger partial charge in [-0.1, -0.05) is 41.9 Å². The van der Waals surface area contributed by atoms with E-state index in [-0.39, 0.29) is 17.0 Å². The lowest BCUT2D eigenvalue weighted by Crippen LogP contribution is -2.41. The summed E-state index contributed by atoms with van der Waals surface area (Å²) >= 11 is 7.10. The molecule has 1 aromatic heterocycles. The molecular formula is C22H20ClN3O4S. The van der Waals surface area contributed by atoms with Crippen molar-refractivity contribution in [3.63, 3.8) is 0 Å². The minimum atomic E-state index is -0.482. The van der Waals surface area contributed by atoms with Gasteiger partial charge in [0.1, 0.15) is 5.75 Å². The van der Waals surface area contributed by atoms with E-state index in [1.54, 1.807) is 37.4 Å². The van der Waals surface area contributed by atoms with Crippen LogP contribution in [0.5, 0.6) is 5.75 Å². The number of likely N-dealkylation sites (tertiary alicyclic amines) is 1. The Morgan fingerprint density at radius 2 is 1.94 bits per heavy atom. The lowest BCUT2D eigenvalue weighted by Gasteiger charge is -2.21. The Balaban J connectivity index is 1.52. The Hall–Kier alpha value is -2.84. The number of benzene rings is 2. The minimum Gasteiger partial charge on any atom is -0.496 e.